The van der Waals surface area contributed by atoms with Gasteiger partial charge < -0.3 is 10.6 Å². The molecule has 0 aliphatic heterocycles. The third kappa shape index (κ3) is 3.38. The zero-order chi connectivity index (χ0) is 12.3. The number of hydrogen-bond donors (Lipinski definition) is 1. The van der Waals surface area contributed by atoms with E-state index in [9.17, 15) is 8.78 Å². The van der Waals surface area contributed by atoms with E-state index in [4.69, 9.17) is 18.0 Å². The van der Waals surface area contributed by atoms with Crippen molar-refractivity contribution < 1.29 is 8.78 Å². The van der Waals surface area contributed by atoms with E-state index in [0.717, 1.165) is 4.47 Å². The molecule has 0 aliphatic rings. The van der Waals surface area contributed by atoms with Crippen molar-refractivity contribution in [2.75, 3.05) is 18.5 Å². The van der Waals surface area contributed by atoms with Gasteiger partial charge in [0.05, 0.1) is 6.54 Å². The molecular formula is C10H11BrF2N2S. The van der Waals surface area contributed by atoms with Crippen molar-refractivity contribution in [3.63, 3.8) is 0 Å². The van der Waals surface area contributed by atoms with Crippen LogP contribution in [0.4, 0.5) is 14.5 Å². The molecule has 88 valence electrons. The van der Waals surface area contributed by atoms with Gasteiger partial charge in [-0.05, 0) is 18.2 Å². The summed E-state index contributed by atoms with van der Waals surface area (Å²) in [6, 6.07) is 5.19. The van der Waals surface area contributed by atoms with E-state index in [1.54, 1.807) is 25.2 Å². The molecule has 0 radical (unpaired) electrons. The summed E-state index contributed by atoms with van der Waals surface area (Å²) in [5.41, 5.74) is 6.75. The standard InChI is InChI=1S/C10H11BrF2N2S/c1-15(5-9(12)13)8-3-2-6(11)4-7(8)10(14)16/h2-4,9H,5H2,1H3,(H2,14,16). The summed E-state index contributed by atoms with van der Waals surface area (Å²) in [5, 5.41) is 0. The molecule has 0 saturated carbocycles. The first-order valence-corrected chi connectivity index (χ1v) is 5.70. The molecule has 0 aliphatic carbocycles. The number of anilines is 1. The maximum atomic E-state index is 12.3. The quantitative estimate of drug-likeness (QED) is 0.867. The van der Waals surface area contributed by atoms with Gasteiger partial charge in [0.1, 0.15) is 4.99 Å². The summed E-state index contributed by atoms with van der Waals surface area (Å²) in [4.78, 5) is 1.63. The molecule has 0 amide bonds. The molecule has 0 aromatic heterocycles. The van der Waals surface area contributed by atoms with Gasteiger partial charge in [-0.25, -0.2) is 8.78 Å². The fraction of sp³-hybridized carbons (Fsp3) is 0.300. The molecule has 0 atom stereocenters. The molecule has 0 bridgehead atoms. The summed E-state index contributed by atoms with van der Waals surface area (Å²) in [6.45, 7) is -0.350. The van der Waals surface area contributed by atoms with Gasteiger partial charge in [0.25, 0.3) is 6.43 Å². The number of alkyl halides is 2. The summed E-state index contributed by atoms with van der Waals surface area (Å²) in [6.07, 6.45) is -2.40. The Morgan fingerprint density at radius 2 is 2.19 bits per heavy atom. The van der Waals surface area contributed by atoms with Crippen molar-refractivity contribution in [1.29, 1.82) is 0 Å². The third-order valence-corrected chi connectivity index (χ3v) is 2.76. The highest BCUT2D eigenvalue weighted by molar-refractivity contribution is 9.10. The molecule has 0 spiro atoms. The van der Waals surface area contributed by atoms with Crippen LogP contribution in [0.5, 0.6) is 0 Å². The fourth-order valence-corrected chi connectivity index (χ4v) is 1.87. The molecule has 1 aromatic carbocycles. The Morgan fingerprint density at radius 1 is 1.56 bits per heavy atom. The van der Waals surface area contributed by atoms with E-state index in [-0.39, 0.29) is 11.5 Å². The van der Waals surface area contributed by atoms with Crippen LogP contribution in [0.15, 0.2) is 22.7 Å². The van der Waals surface area contributed by atoms with E-state index in [0.29, 0.717) is 11.3 Å². The fourth-order valence-electron chi connectivity index (χ4n) is 1.34. The Hall–Kier alpha value is -0.750. The van der Waals surface area contributed by atoms with Crippen LogP contribution < -0.4 is 10.6 Å². The second-order valence-electron chi connectivity index (χ2n) is 3.30. The maximum Gasteiger partial charge on any atom is 0.255 e. The Morgan fingerprint density at radius 3 is 2.69 bits per heavy atom. The molecule has 1 aromatic rings. The Balaban J connectivity index is 3.07. The predicted molar refractivity (Wildman–Crippen MR) is 69.3 cm³/mol. The number of benzene rings is 1. The first-order valence-electron chi connectivity index (χ1n) is 4.50. The number of nitrogens with zero attached hydrogens (tertiary/aromatic N) is 1. The first kappa shape index (κ1) is 13.3. The second kappa shape index (κ2) is 5.54. The Kier molecular flexibility index (Phi) is 4.61. The number of hydrogen-bond acceptors (Lipinski definition) is 2. The first-order chi connectivity index (χ1) is 7.41. The highest BCUT2D eigenvalue weighted by atomic mass is 79.9. The monoisotopic (exact) mass is 308 g/mol. The molecule has 0 unspecified atom stereocenters. The van der Waals surface area contributed by atoms with Crippen LogP contribution in [0.2, 0.25) is 0 Å². The molecule has 0 fully saturated rings. The summed E-state index contributed by atoms with van der Waals surface area (Å²) in [5.74, 6) is 0. The van der Waals surface area contributed by atoms with Crippen LogP contribution in [-0.2, 0) is 0 Å². The maximum absolute atomic E-state index is 12.3. The molecule has 0 saturated heterocycles. The number of halogens is 3. The van der Waals surface area contributed by atoms with Gasteiger partial charge in [0, 0.05) is 22.8 Å². The van der Waals surface area contributed by atoms with E-state index in [2.05, 4.69) is 15.9 Å². The van der Waals surface area contributed by atoms with Gasteiger partial charge in [0.2, 0.25) is 0 Å². The van der Waals surface area contributed by atoms with Crippen molar-refractivity contribution in [2.45, 2.75) is 6.43 Å². The summed E-state index contributed by atoms with van der Waals surface area (Å²) < 4.78 is 25.3. The second-order valence-corrected chi connectivity index (χ2v) is 4.65. The smallest absolute Gasteiger partial charge is 0.255 e. The summed E-state index contributed by atoms with van der Waals surface area (Å²) >= 11 is 8.17. The molecule has 16 heavy (non-hydrogen) atoms. The van der Waals surface area contributed by atoms with Crippen LogP contribution in [0, 0.1) is 0 Å². The van der Waals surface area contributed by atoms with Gasteiger partial charge in [-0.3, -0.25) is 0 Å². The van der Waals surface area contributed by atoms with Crippen LogP contribution in [0.3, 0.4) is 0 Å². The SMILES string of the molecule is CN(CC(F)F)c1ccc(Br)cc1C(N)=S. The average molecular weight is 309 g/mol. The zero-order valence-corrected chi connectivity index (χ0v) is 11.0. The van der Waals surface area contributed by atoms with Crippen molar-refractivity contribution >= 4 is 38.8 Å². The van der Waals surface area contributed by atoms with Crippen LogP contribution in [-0.4, -0.2) is 25.0 Å². The van der Waals surface area contributed by atoms with Crippen molar-refractivity contribution in [3.05, 3.63) is 28.2 Å². The third-order valence-electron chi connectivity index (χ3n) is 2.05. The Bertz CT molecular complexity index is 398. The van der Waals surface area contributed by atoms with E-state index >= 15 is 0 Å². The van der Waals surface area contributed by atoms with Gasteiger partial charge in [-0.15, -0.1) is 0 Å². The van der Waals surface area contributed by atoms with Crippen LogP contribution >= 0.6 is 28.1 Å². The molecule has 0 heterocycles. The lowest BCUT2D eigenvalue weighted by atomic mass is 10.1. The molecular weight excluding hydrogens is 298 g/mol. The van der Waals surface area contributed by atoms with E-state index in [1.807, 2.05) is 0 Å². The molecule has 6 heteroatoms. The van der Waals surface area contributed by atoms with E-state index < -0.39 is 6.43 Å². The van der Waals surface area contributed by atoms with Gasteiger partial charge in [-0.2, -0.15) is 0 Å². The molecule has 2 nitrogen and oxygen atoms in total. The topological polar surface area (TPSA) is 29.3 Å². The van der Waals surface area contributed by atoms with Gasteiger partial charge >= 0.3 is 0 Å². The number of thiocarbonyl (C=S) groups is 1. The Labute approximate surface area is 107 Å². The normalized spacial score (nSPS) is 10.6. The number of rotatable bonds is 4. The van der Waals surface area contributed by atoms with E-state index in [1.165, 1.54) is 4.90 Å². The molecule has 2 N–H and O–H groups in total. The van der Waals surface area contributed by atoms with Crippen LogP contribution in [0.25, 0.3) is 0 Å². The zero-order valence-electron chi connectivity index (χ0n) is 8.58. The van der Waals surface area contributed by atoms with Crippen molar-refractivity contribution in [1.82, 2.24) is 0 Å². The summed E-state index contributed by atoms with van der Waals surface area (Å²) in [7, 11) is 1.58. The lowest BCUT2D eigenvalue weighted by molar-refractivity contribution is 0.156. The lowest BCUT2D eigenvalue weighted by Crippen LogP contribution is -2.26. The highest BCUT2D eigenvalue weighted by Gasteiger charge is 2.13. The minimum absolute atomic E-state index is 0.192. The van der Waals surface area contributed by atoms with Gasteiger partial charge in [-0.1, -0.05) is 28.1 Å². The van der Waals surface area contributed by atoms with Crippen molar-refractivity contribution in [3.8, 4) is 0 Å². The van der Waals surface area contributed by atoms with Crippen LogP contribution in [0.1, 0.15) is 5.56 Å². The predicted octanol–water partition coefficient (Wildman–Crippen LogP) is 2.78. The minimum atomic E-state index is -2.40. The largest absolute Gasteiger partial charge is 0.389 e. The average Bonchev–Trinajstić information content (AvgIpc) is 2.16. The number of nitrogens with two attached hydrogens (primary N) is 1. The van der Waals surface area contributed by atoms with Crippen molar-refractivity contribution in [2.24, 2.45) is 5.73 Å². The van der Waals surface area contributed by atoms with Gasteiger partial charge in [0.15, 0.2) is 0 Å². The molecule has 1 rings (SSSR count). The minimum Gasteiger partial charge on any atom is -0.389 e. The lowest BCUT2D eigenvalue weighted by Gasteiger charge is -2.21. The highest BCUT2D eigenvalue weighted by Crippen LogP contribution is 2.24.